The van der Waals surface area contributed by atoms with Crippen molar-refractivity contribution in [1.29, 1.82) is 0 Å². The van der Waals surface area contributed by atoms with Gasteiger partial charge in [0.15, 0.2) is 11.6 Å². The fourth-order valence-corrected chi connectivity index (χ4v) is 1.94. The summed E-state index contributed by atoms with van der Waals surface area (Å²) in [5.41, 5.74) is 9.20. The lowest BCUT2D eigenvalue weighted by Crippen LogP contribution is -1.91. The molecular weight excluding hydrogens is 240 g/mol. The highest BCUT2D eigenvalue weighted by atomic mass is 16.5. The highest BCUT2D eigenvalue weighted by Crippen LogP contribution is 2.35. The molecule has 0 atom stereocenters. The summed E-state index contributed by atoms with van der Waals surface area (Å²) in [5.74, 6) is 0.919. The van der Waals surface area contributed by atoms with Crippen LogP contribution >= 0.6 is 0 Å². The van der Waals surface area contributed by atoms with Crippen molar-refractivity contribution in [3.63, 3.8) is 0 Å². The van der Waals surface area contributed by atoms with Crippen LogP contribution in [0.15, 0.2) is 47.4 Å². The molecule has 3 rings (SSSR count). The second-order valence-corrected chi connectivity index (χ2v) is 4.24. The van der Waals surface area contributed by atoms with Crippen LogP contribution in [0.25, 0.3) is 22.6 Å². The van der Waals surface area contributed by atoms with Gasteiger partial charge in [-0.2, -0.15) is 0 Å². The van der Waals surface area contributed by atoms with Crippen LogP contribution in [-0.2, 0) is 0 Å². The molecule has 19 heavy (non-hydrogen) atoms. The first kappa shape index (κ1) is 11.4. The van der Waals surface area contributed by atoms with E-state index in [2.05, 4.69) is 15.1 Å². The minimum Gasteiger partial charge on any atom is -0.380 e. The number of hydrogen-bond acceptors (Lipinski definition) is 5. The van der Waals surface area contributed by atoms with E-state index in [-0.39, 0.29) is 0 Å². The maximum Gasteiger partial charge on any atom is 0.180 e. The Labute approximate surface area is 110 Å². The Kier molecular flexibility index (Phi) is 2.72. The molecule has 0 unspecified atom stereocenters. The zero-order valence-corrected chi connectivity index (χ0v) is 10.4. The van der Waals surface area contributed by atoms with Crippen molar-refractivity contribution in [2.45, 2.75) is 6.92 Å². The van der Waals surface area contributed by atoms with Crippen molar-refractivity contribution >= 4 is 5.82 Å². The second kappa shape index (κ2) is 4.53. The summed E-state index contributed by atoms with van der Waals surface area (Å²) in [6, 6.07) is 7.59. The molecule has 0 spiro atoms. The molecule has 94 valence electrons. The minimum atomic E-state index is 0.329. The zero-order valence-electron chi connectivity index (χ0n) is 10.4. The highest BCUT2D eigenvalue weighted by molar-refractivity contribution is 5.84. The molecule has 0 saturated heterocycles. The molecule has 3 heterocycles. The third kappa shape index (κ3) is 2.06. The van der Waals surface area contributed by atoms with Gasteiger partial charge in [-0.15, -0.1) is 0 Å². The van der Waals surface area contributed by atoms with Crippen molar-refractivity contribution in [3.8, 4) is 22.6 Å². The van der Waals surface area contributed by atoms with Gasteiger partial charge in [-0.3, -0.25) is 9.97 Å². The fraction of sp³-hybridized carbons (Fsp3) is 0.0714. The first-order chi connectivity index (χ1) is 9.25. The van der Waals surface area contributed by atoms with Crippen molar-refractivity contribution < 1.29 is 4.52 Å². The summed E-state index contributed by atoms with van der Waals surface area (Å²) in [6.45, 7) is 1.97. The van der Waals surface area contributed by atoms with Gasteiger partial charge in [0.2, 0.25) is 0 Å². The van der Waals surface area contributed by atoms with Crippen LogP contribution in [0.5, 0.6) is 0 Å². The van der Waals surface area contributed by atoms with Gasteiger partial charge in [0.25, 0.3) is 0 Å². The van der Waals surface area contributed by atoms with Gasteiger partial charge in [-0.25, -0.2) is 0 Å². The number of anilines is 1. The molecule has 0 aliphatic heterocycles. The van der Waals surface area contributed by atoms with Crippen LogP contribution in [0, 0.1) is 6.92 Å². The van der Waals surface area contributed by atoms with E-state index < -0.39 is 0 Å². The predicted octanol–water partition coefficient (Wildman–Crippen LogP) is 2.69. The molecule has 0 aliphatic carbocycles. The van der Waals surface area contributed by atoms with Gasteiger partial charge in [-0.1, -0.05) is 11.2 Å². The Morgan fingerprint density at radius 2 is 2.11 bits per heavy atom. The van der Waals surface area contributed by atoms with Gasteiger partial charge >= 0.3 is 0 Å². The molecule has 5 heteroatoms. The van der Waals surface area contributed by atoms with Crippen LogP contribution < -0.4 is 5.73 Å². The van der Waals surface area contributed by atoms with Crippen LogP contribution in [-0.4, -0.2) is 15.1 Å². The second-order valence-electron chi connectivity index (χ2n) is 4.24. The van der Waals surface area contributed by atoms with E-state index in [1.54, 1.807) is 18.6 Å². The average molecular weight is 252 g/mol. The minimum absolute atomic E-state index is 0.329. The maximum absolute atomic E-state index is 5.88. The summed E-state index contributed by atoms with van der Waals surface area (Å²) in [4.78, 5) is 8.45. The molecule has 3 aromatic rings. The van der Waals surface area contributed by atoms with E-state index in [1.165, 1.54) is 0 Å². The van der Waals surface area contributed by atoms with Crippen molar-refractivity contribution in [2.75, 3.05) is 5.73 Å². The van der Waals surface area contributed by atoms with E-state index in [1.807, 2.05) is 31.2 Å². The topological polar surface area (TPSA) is 77.8 Å². The summed E-state index contributed by atoms with van der Waals surface area (Å²) in [7, 11) is 0. The first-order valence-electron chi connectivity index (χ1n) is 5.84. The lowest BCUT2D eigenvalue weighted by molar-refractivity contribution is 0.436. The predicted molar refractivity (Wildman–Crippen MR) is 72.1 cm³/mol. The number of hydrogen-bond donors (Lipinski definition) is 1. The molecule has 0 aliphatic rings. The average Bonchev–Trinajstić information content (AvgIpc) is 2.82. The number of pyridine rings is 2. The zero-order chi connectivity index (χ0) is 13.2. The summed E-state index contributed by atoms with van der Waals surface area (Å²) in [5, 5.41) is 3.83. The van der Waals surface area contributed by atoms with Crippen molar-refractivity contribution in [3.05, 3.63) is 48.4 Å². The molecule has 3 aromatic heterocycles. The monoisotopic (exact) mass is 252 g/mol. The molecule has 5 nitrogen and oxygen atoms in total. The lowest BCUT2D eigenvalue weighted by atomic mass is 10.1. The molecule has 0 amide bonds. The molecular formula is C14H12N4O. The molecule has 2 N–H and O–H groups in total. The molecule has 0 fully saturated rings. The van der Waals surface area contributed by atoms with Crippen LogP contribution in [0.1, 0.15) is 5.56 Å². The Hall–Kier alpha value is -2.69. The molecule has 0 saturated carbocycles. The van der Waals surface area contributed by atoms with Crippen LogP contribution in [0.4, 0.5) is 5.82 Å². The number of nitrogens with two attached hydrogens (primary N) is 1. The molecule has 0 bridgehead atoms. The van der Waals surface area contributed by atoms with E-state index in [0.29, 0.717) is 17.1 Å². The molecule has 0 aromatic carbocycles. The van der Waals surface area contributed by atoms with Crippen molar-refractivity contribution in [2.24, 2.45) is 0 Å². The number of aryl methyl sites for hydroxylation is 1. The standard InChI is InChI=1S/C14H12N4O/c1-9-6-10(8-16-7-9)13-12(14(15)18-19-13)11-4-2-3-5-17-11/h2-8H,1H3,(H2,15,18). The quantitative estimate of drug-likeness (QED) is 0.758. The summed E-state index contributed by atoms with van der Waals surface area (Å²) in [6.07, 6.45) is 5.21. The van der Waals surface area contributed by atoms with Crippen molar-refractivity contribution in [1.82, 2.24) is 15.1 Å². The number of rotatable bonds is 2. The van der Waals surface area contributed by atoms with Gasteiger partial charge in [0, 0.05) is 24.2 Å². The third-order valence-electron chi connectivity index (χ3n) is 2.78. The fourth-order valence-electron chi connectivity index (χ4n) is 1.94. The Balaban J connectivity index is 2.19. The lowest BCUT2D eigenvalue weighted by Gasteiger charge is -2.02. The van der Waals surface area contributed by atoms with Gasteiger partial charge in [-0.05, 0) is 30.7 Å². The Morgan fingerprint density at radius 3 is 2.84 bits per heavy atom. The summed E-state index contributed by atoms with van der Waals surface area (Å²) < 4.78 is 5.34. The number of nitrogen functional groups attached to an aromatic ring is 1. The smallest absolute Gasteiger partial charge is 0.180 e. The number of aromatic nitrogens is 3. The normalized spacial score (nSPS) is 10.6. The SMILES string of the molecule is Cc1cncc(-c2onc(N)c2-c2ccccn2)c1. The third-order valence-corrected chi connectivity index (χ3v) is 2.78. The maximum atomic E-state index is 5.88. The number of nitrogens with zero attached hydrogens (tertiary/aromatic N) is 3. The van der Waals surface area contributed by atoms with Gasteiger partial charge in [0.1, 0.15) is 0 Å². The first-order valence-corrected chi connectivity index (χ1v) is 5.84. The molecule has 0 radical (unpaired) electrons. The van der Waals surface area contributed by atoms with E-state index in [9.17, 15) is 0 Å². The Bertz CT molecular complexity index is 706. The highest BCUT2D eigenvalue weighted by Gasteiger charge is 2.18. The van der Waals surface area contributed by atoms with E-state index >= 15 is 0 Å². The van der Waals surface area contributed by atoms with E-state index in [0.717, 1.165) is 16.8 Å². The van der Waals surface area contributed by atoms with E-state index in [4.69, 9.17) is 10.3 Å². The summed E-state index contributed by atoms with van der Waals surface area (Å²) >= 11 is 0. The van der Waals surface area contributed by atoms with Gasteiger partial charge in [0.05, 0.1) is 11.3 Å². The van der Waals surface area contributed by atoms with Crippen LogP contribution in [0.3, 0.4) is 0 Å². The largest absolute Gasteiger partial charge is 0.380 e. The van der Waals surface area contributed by atoms with Gasteiger partial charge < -0.3 is 10.3 Å². The van der Waals surface area contributed by atoms with Crippen LogP contribution in [0.2, 0.25) is 0 Å². The Morgan fingerprint density at radius 1 is 1.21 bits per heavy atom.